The molecule has 0 radical (unpaired) electrons. The molecule has 0 saturated carbocycles. The van der Waals surface area contributed by atoms with Crippen LogP contribution in [-0.2, 0) is 0 Å². The van der Waals surface area contributed by atoms with Crippen molar-refractivity contribution < 1.29 is 4.39 Å². The Hall–Kier alpha value is -1.35. The Bertz CT molecular complexity index is 595. The zero-order valence-electron chi connectivity index (χ0n) is 11.3. The number of rotatable bonds is 3. The van der Waals surface area contributed by atoms with Gasteiger partial charge in [-0.25, -0.2) is 4.39 Å². The van der Waals surface area contributed by atoms with Gasteiger partial charge in [0.2, 0.25) is 0 Å². The lowest BCUT2D eigenvalue weighted by molar-refractivity contribution is 0.627. The maximum Gasteiger partial charge on any atom is 0.125 e. The van der Waals surface area contributed by atoms with Crippen LogP contribution >= 0.6 is 15.9 Å². The molecule has 0 spiro atoms. The molecule has 0 saturated heterocycles. The zero-order chi connectivity index (χ0) is 14.0. The molecular weight excluding hydrogens is 305 g/mol. The summed E-state index contributed by atoms with van der Waals surface area (Å²) in [4.78, 5) is 0. The normalized spacial score (nSPS) is 12.3. The summed E-state index contributed by atoms with van der Waals surface area (Å²) >= 11 is 3.43. The summed E-state index contributed by atoms with van der Waals surface area (Å²) < 4.78 is 14.1. The highest BCUT2D eigenvalue weighted by atomic mass is 79.9. The van der Waals surface area contributed by atoms with Crippen LogP contribution in [0, 0.1) is 19.7 Å². The van der Waals surface area contributed by atoms with Gasteiger partial charge in [-0.15, -0.1) is 0 Å². The molecule has 2 aromatic rings. The molecule has 1 N–H and O–H groups in total. The molecule has 0 heterocycles. The van der Waals surface area contributed by atoms with Crippen LogP contribution in [0.2, 0.25) is 0 Å². The van der Waals surface area contributed by atoms with Crippen molar-refractivity contribution in [2.75, 3.05) is 5.32 Å². The molecule has 1 nitrogen and oxygen atoms in total. The molecule has 2 rings (SSSR count). The van der Waals surface area contributed by atoms with Crippen molar-refractivity contribution in [1.29, 1.82) is 0 Å². The van der Waals surface area contributed by atoms with Crippen LogP contribution < -0.4 is 5.32 Å². The number of anilines is 1. The van der Waals surface area contributed by atoms with E-state index in [0.717, 1.165) is 10.2 Å². The first-order valence-corrected chi connectivity index (χ1v) is 7.05. The lowest BCUT2D eigenvalue weighted by Crippen LogP contribution is -2.07. The predicted octanol–water partition coefficient (Wildman–Crippen LogP) is 5.38. The van der Waals surface area contributed by atoms with Crippen LogP contribution in [0.4, 0.5) is 10.1 Å². The van der Waals surface area contributed by atoms with E-state index in [9.17, 15) is 4.39 Å². The Balaban J connectivity index is 2.22. The molecule has 100 valence electrons. The van der Waals surface area contributed by atoms with Crippen LogP contribution in [0.1, 0.15) is 29.7 Å². The minimum Gasteiger partial charge on any atom is -0.378 e. The molecule has 19 heavy (non-hydrogen) atoms. The monoisotopic (exact) mass is 321 g/mol. The van der Waals surface area contributed by atoms with Gasteiger partial charge in [-0.1, -0.05) is 18.2 Å². The smallest absolute Gasteiger partial charge is 0.125 e. The Morgan fingerprint density at radius 1 is 1.05 bits per heavy atom. The molecule has 1 atom stereocenters. The van der Waals surface area contributed by atoms with E-state index in [1.807, 2.05) is 0 Å². The Kier molecular flexibility index (Phi) is 4.25. The molecule has 1 unspecified atom stereocenters. The van der Waals surface area contributed by atoms with Gasteiger partial charge in [0.15, 0.2) is 0 Å². The second-order valence-electron chi connectivity index (χ2n) is 4.83. The van der Waals surface area contributed by atoms with E-state index in [1.165, 1.54) is 28.8 Å². The summed E-state index contributed by atoms with van der Waals surface area (Å²) in [6.45, 7) is 6.27. The average Bonchev–Trinajstić information content (AvgIpc) is 2.37. The molecule has 0 aliphatic rings. The predicted molar refractivity (Wildman–Crippen MR) is 82.1 cm³/mol. The lowest BCUT2D eigenvalue weighted by Gasteiger charge is -2.18. The van der Waals surface area contributed by atoms with Crippen molar-refractivity contribution in [2.45, 2.75) is 26.8 Å². The molecule has 0 aliphatic carbocycles. The van der Waals surface area contributed by atoms with Crippen LogP contribution in [0.25, 0.3) is 0 Å². The fourth-order valence-electron chi connectivity index (χ4n) is 1.96. The van der Waals surface area contributed by atoms with Crippen LogP contribution in [-0.4, -0.2) is 0 Å². The fraction of sp³-hybridized carbons (Fsp3) is 0.250. The maximum absolute atomic E-state index is 13.3. The van der Waals surface area contributed by atoms with E-state index in [-0.39, 0.29) is 11.9 Å². The summed E-state index contributed by atoms with van der Waals surface area (Å²) in [5.74, 6) is -0.238. The molecule has 2 aromatic carbocycles. The largest absolute Gasteiger partial charge is 0.378 e. The molecule has 0 amide bonds. The lowest BCUT2D eigenvalue weighted by atomic mass is 10.0. The number of benzene rings is 2. The van der Waals surface area contributed by atoms with Crippen molar-refractivity contribution in [3.63, 3.8) is 0 Å². The molecule has 0 aliphatic heterocycles. The maximum atomic E-state index is 13.3. The summed E-state index contributed by atoms with van der Waals surface area (Å²) in [7, 11) is 0. The first-order valence-electron chi connectivity index (χ1n) is 6.26. The molecular formula is C16H17BrFN. The van der Waals surface area contributed by atoms with Crippen molar-refractivity contribution in [3.05, 3.63) is 63.4 Å². The van der Waals surface area contributed by atoms with Gasteiger partial charge in [0.05, 0.1) is 5.69 Å². The minimum atomic E-state index is -0.238. The highest BCUT2D eigenvalue weighted by molar-refractivity contribution is 9.10. The van der Waals surface area contributed by atoms with Crippen molar-refractivity contribution in [2.24, 2.45) is 0 Å². The summed E-state index contributed by atoms with van der Waals surface area (Å²) in [5.41, 5.74) is 4.51. The van der Waals surface area contributed by atoms with Crippen molar-refractivity contribution in [1.82, 2.24) is 0 Å². The quantitative estimate of drug-likeness (QED) is 0.800. The van der Waals surface area contributed by atoms with Gasteiger partial charge in [-0.05, 0) is 71.6 Å². The van der Waals surface area contributed by atoms with Crippen LogP contribution in [0.3, 0.4) is 0 Å². The van der Waals surface area contributed by atoms with E-state index in [0.29, 0.717) is 0 Å². The van der Waals surface area contributed by atoms with Gasteiger partial charge in [-0.3, -0.25) is 0 Å². The Morgan fingerprint density at radius 2 is 1.79 bits per heavy atom. The highest BCUT2D eigenvalue weighted by Crippen LogP contribution is 2.27. The molecule has 3 heteroatoms. The topological polar surface area (TPSA) is 12.0 Å². The SMILES string of the molecule is Cc1ccc(C(C)Nc2cc(F)ccc2Br)cc1C. The van der Waals surface area contributed by atoms with Gasteiger partial charge in [0.1, 0.15) is 5.82 Å². The van der Waals surface area contributed by atoms with Gasteiger partial charge < -0.3 is 5.32 Å². The summed E-state index contributed by atoms with van der Waals surface area (Å²) in [5, 5.41) is 3.33. The van der Waals surface area contributed by atoms with Crippen LogP contribution in [0.5, 0.6) is 0 Å². The van der Waals surface area contributed by atoms with Gasteiger partial charge in [0, 0.05) is 10.5 Å². The van der Waals surface area contributed by atoms with E-state index >= 15 is 0 Å². The van der Waals surface area contributed by atoms with E-state index < -0.39 is 0 Å². The van der Waals surface area contributed by atoms with Crippen LogP contribution in [0.15, 0.2) is 40.9 Å². The number of hydrogen-bond donors (Lipinski definition) is 1. The first-order chi connectivity index (χ1) is 8.97. The number of halogens is 2. The number of aryl methyl sites for hydroxylation is 2. The number of nitrogens with one attached hydrogen (secondary N) is 1. The molecule has 0 fully saturated rings. The van der Waals surface area contributed by atoms with Crippen molar-refractivity contribution >= 4 is 21.6 Å². The van der Waals surface area contributed by atoms with E-state index in [2.05, 4.69) is 60.2 Å². The number of hydrogen-bond acceptors (Lipinski definition) is 1. The minimum absolute atomic E-state index is 0.123. The van der Waals surface area contributed by atoms with Gasteiger partial charge in [-0.2, -0.15) is 0 Å². The highest BCUT2D eigenvalue weighted by Gasteiger charge is 2.09. The average molecular weight is 322 g/mol. The fourth-order valence-corrected chi connectivity index (χ4v) is 2.32. The first kappa shape index (κ1) is 14.1. The third-order valence-electron chi connectivity index (χ3n) is 3.33. The molecule has 0 aromatic heterocycles. The van der Waals surface area contributed by atoms with E-state index in [1.54, 1.807) is 6.07 Å². The second-order valence-corrected chi connectivity index (χ2v) is 5.69. The molecule has 0 bridgehead atoms. The zero-order valence-corrected chi connectivity index (χ0v) is 12.9. The van der Waals surface area contributed by atoms with Crippen molar-refractivity contribution in [3.8, 4) is 0 Å². The Morgan fingerprint density at radius 3 is 2.47 bits per heavy atom. The Labute approximate surface area is 122 Å². The van der Waals surface area contributed by atoms with Gasteiger partial charge >= 0.3 is 0 Å². The summed E-state index contributed by atoms with van der Waals surface area (Å²) in [6, 6.07) is 11.2. The third kappa shape index (κ3) is 3.35. The van der Waals surface area contributed by atoms with E-state index in [4.69, 9.17) is 0 Å². The summed E-state index contributed by atoms with van der Waals surface area (Å²) in [6.07, 6.45) is 0. The third-order valence-corrected chi connectivity index (χ3v) is 4.02. The second kappa shape index (κ2) is 5.74. The van der Waals surface area contributed by atoms with Gasteiger partial charge in [0.25, 0.3) is 0 Å². The standard InChI is InChI=1S/C16H17BrFN/c1-10-4-5-13(8-11(10)2)12(3)19-16-9-14(18)6-7-15(16)17/h4-9,12,19H,1-3H3.